The van der Waals surface area contributed by atoms with Crippen LogP contribution in [0.4, 0.5) is 0 Å². The summed E-state index contributed by atoms with van der Waals surface area (Å²) in [6.07, 6.45) is 1.16. The topological polar surface area (TPSA) is 81.8 Å². The average Bonchev–Trinajstić information content (AvgIpc) is 2.88. The first kappa shape index (κ1) is 13.1. The molecule has 1 aromatic carbocycles. The van der Waals surface area contributed by atoms with Gasteiger partial charge in [-0.25, -0.2) is 4.79 Å². The molecule has 0 aliphatic rings. The number of rotatable bonds is 6. The van der Waals surface area contributed by atoms with Gasteiger partial charge >= 0.3 is 5.97 Å². The van der Waals surface area contributed by atoms with Crippen LogP contribution in [0.1, 0.15) is 21.7 Å². The lowest BCUT2D eigenvalue weighted by Crippen LogP contribution is -2.01. The van der Waals surface area contributed by atoms with Crippen molar-refractivity contribution in [1.29, 1.82) is 0 Å². The maximum atomic E-state index is 10.8. The van der Waals surface area contributed by atoms with Gasteiger partial charge in [-0.3, -0.25) is 0 Å². The van der Waals surface area contributed by atoms with Gasteiger partial charge in [-0.1, -0.05) is 17.3 Å². The lowest BCUT2D eigenvalue weighted by atomic mass is 10.2. The van der Waals surface area contributed by atoms with E-state index in [1.807, 2.05) is 24.3 Å². The Morgan fingerprint density at radius 1 is 1.32 bits per heavy atom. The van der Waals surface area contributed by atoms with Gasteiger partial charge in [0.2, 0.25) is 0 Å². The summed E-state index contributed by atoms with van der Waals surface area (Å²) in [5.41, 5.74) is 0.979. The van der Waals surface area contributed by atoms with Crippen LogP contribution in [0, 0.1) is 0 Å². The van der Waals surface area contributed by atoms with Crippen molar-refractivity contribution in [3.63, 3.8) is 0 Å². The van der Waals surface area contributed by atoms with Crippen LogP contribution in [0.15, 0.2) is 35.0 Å². The number of aromatic nitrogens is 1. The maximum absolute atomic E-state index is 10.8. The Morgan fingerprint density at radius 3 is 2.68 bits per heavy atom. The van der Waals surface area contributed by atoms with Crippen LogP contribution in [0.5, 0.6) is 5.75 Å². The highest BCUT2D eigenvalue weighted by molar-refractivity contribution is 5.88. The third-order valence-corrected chi connectivity index (χ3v) is 2.54. The van der Waals surface area contributed by atoms with Crippen LogP contribution >= 0.6 is 0 Å². The molecular weight excluding hydrogens is 250 g/mol. The summed E-state index contributed by atoms with van der Waals surface area (Å²) in [5.74, 6) is -0.0996. The number of nitrogens with zero attached hydrogens (tertiary/aromatic N) is 1. The zero-order chi connectivity index (χ0) is 13.7. The van der Waals surface area contributed by atoms with E-state index in [4.69, 9.17) is 19.1 Å². The largest absolute Gasteiger partial charge is 0.497 e. The number of carboxylic acids is 1. The van der Waals surface area contributed by atoms with Gasteiger partial charge in [-0.2, -0.15) is 0 Å². The molecule has 0 atom stereocenters. The fourth-order valence-corrected chi connectivity index (χ4v) is 1.53. The number of carboxylic acid groups (broad SMARTS) is 1. The molecule has 1 aromatic heterocycles. The number of benzene rings is 1. The summed E-state index contributed by atoms with van der Waals surface area (Å²) >= 11 is 0. The molecule has 0 unspecified atom stereocenters. The highest BCUT2D eigenvalue weighted by Gasteiger charge is 2.14. The standard InChI is InChI=1S/C13H13NO5/c1-17-10-4-2-9(3-5-10)7-18-8-12-11(13(15)16)6-14-19-12/h2-6H,7-8H2,1H3,(H,15,16). The van der Waals surface area contributed by atoms with Gasteiger partial charge in [0, 0.05) is 0 Å². The van der Waals surface area contributed by atoms with Crippen molar-refractivity contribution in [2.45, 2.75) is 13.2 Å². The molecule has 1 N–H and O–H groups in total. The SMILES string of the molecule is COc1ccc(COCc2oncc2C(=O)O)cc1. The summed E-state index contributed by atoms with van der Waals surface area (Å²) in [7, 11) is 1.60. The highest BCUT2D eigenvalue weighted by Crippen LogP contribution is 2.14. The predicted molar refractivity (Wildman–Crippen MR) is 64.9 cm³/mol. The Hall–Kier alpha value is -2.34. The van der Waals surface area contributed by atoms with E-state index < -0.39 is 5.97 Å². The van der Waals surface area contributed by atoms with E-state index >= 15 is 0 Å². The van der Waals surface area contributed by atoms with Crippen molar-refractivity contribution in [2.75, 3.05) is 7.11 Å². The third-order valence-electron chi connectivity index (χ3n) is 2.54. The zero-order valence-electron chi connectivity index (χ0n) is 10.3. The van der Waals surface area contributed by atoms with Crippen molar-refractivity contribution in [2.24, 2.45) is 0 Å². The van der Waals surface area contributed by atoms with Gasteiger partial charge in [0.1, 0.15) is 17.9 Å². The van der Waals surface area contributed by atoms with E-state index in [0.29, 0.717) is 6.61 Å². The molecule has 2 aromatic rings. The predicted octanol–water partition coefficient (Wildman–Crippen LogP) is 2.10. The number of methoxy groups -OCH3 is 1. The minimum absolute atomic E-state index is 0.0229. The molecule has 6 nitrogen and oxygen atoms in total. The molecule has 0 saturated carbocycles. The highest BCUT2D eigenvalue weighted by atomic mass is 16.5. The van der Waals surface area contributed by atoms with E-state index in [9.17, 15) is 4.79 Å². The van der Waals surface area contributed by atoms with Crippen molar-refractivity contribution in [3.05, 3.63) is 47.3 Å². The first-order valence-corrected chi connectivity index (χ1v) is 5.58. The third kappa shape index (κ3) is 3.32. The van der Waals surface area contributed by atoms with Gasteiger partial charge in [0.15, 0.2) is 5.76 Å². The summed E-state index contributed by atoms with van der Waals surface area (Å²) in [5, 5.41) is 12.3. The number of hydrogen-bond donors (Lipinski definition) is 1. The Balaban J connectivity index is 1.89. The maximum Gasteiger partial charge on any atom is 0.341 e. The molecule has 6 heteroatoms. The molecule has 0 amide bonds. The van der Waals surface area contributed by atoms with Crippen LogP contribution < -0.4 is 4.74 Å². The summed E-state index contributed by atoms with van der Waals surface area (Å²) in [6, 6.07) is 7.40. The average molecular weight is 263 g/mol. The minimum Gasteiger partial charge on any atom is -0.497 e. The second kappa shape index (κ2) is 6.01. The monoisotopic (exact) mass is 263 g/mol. The van der Waals surface area contributed by atoms with Gasteiger partial charge in [0.25, 0.3) is 0 Å². The molecule has 0 radical (unpaired) electrons. The molecule has 100 valence electrons. The summed E-state index contributed by atoms with van der Waals surface area (Å²) in [6.45, 7) is 0.414. The fourth-order valence-electron chi connectivity index (χ4n) is 1.53. The van der Waals surface area contributed by atoms with E-state index in [1.165, 1.54) is 0 Å². The molecule has 2 rings (SSSR count). The Morgan fingerprint density at radius 2 is 2.05 bits per heavy atom. The number of ether oxygens (including phenoxy) is 2. The van der Waals surface area contributed by atoms with Crippen molar-refractivity contribution in [1.82, 2.24) is 5.16 Å². The Labute approximate surface area is 109 Å². The van der Waals surface area contributed by atoms with Crippen molar-refractivity contribution >= 4 is 5.97 Å². The van der Waals surface area contributed by atoms with Crippen molar-refractivity contribution in [3.8, 4) is 5.75 Å². The fraction of sp³-hybridized carbons (Fsp3) is 0.231. The van der Waals surface area contributed by atoms with Crippen LogP contribution in [0.2, 0.25) is 0 Å². The van der Waals surface area contributed by atoms with Crippen LogP contribution in [-0.2, 0) is 18.0 Å². The number of aromatic carboxylic acids is 1. The van der Waals surface area contributed by atoms with Gasteiger partial charge in [-0.05, 0) is 17.7 Å². The molecule has 0 aliphatic carbocycles. The van der Waals surface area contributed by atoms with E-state index in [1.54, 1.807) is 7.11 Å². The van der Waals surface area contributed by atoms with Crippen LogP contribution in [0.3, 0.4) is 0 Å². The van der Waals surface area contributed by atoms with Gasteiger partial charge in [0.05, 0.1) is 19.9 Å². The normalized spacial score (nSPS) is 10.4. The van der Waals surface area contributed by atoms with Gasteiger partial charge < -0.3 is 19.1 Å². The molecule has 1 heterocycles. The van der Waals surface area contributed by atoms with E-state index in [0.717, 1.165) is 17.5 Å². The molecule has 0 saturated heterocycles. The molecular formula is C13H13NO5. The van der Waals surface area contributed by atoms with Gasteiger partial charge in [-0.15, -0.1) is 0 Å². The molecule has 0 bridgehead atoms. The first-order valence-electron chi connectivity index (χ1n) is 5.58. The second-order valence-electron chi connectivity index (χ2n) is 3.81. The summed E-state index contributed by atoms with van der Waals surface area (Å²) in [4.78, 5) is 10.8. The second-order valence-corrected chi connectivity index (χ2v) is 3.81. The van der Waals surface area contributed by atoms with E-state index in [-0.39, 0.29) is 17.9 Å². The number of carbonyl (C=O) groups is 1. The zero-order valence-corrected chi connectivity index (χ0v) is 10.3. The van der Waals surface area contributed by atoms with Crippen LogP contribution in [0.25, 0.3) is 0 Å². The molecule has 0 aliphatic heterocycles. The smallest absolute Gasteiger partial charge is 0.341 e. The quantitative estimate of drug-likeness (QED) is 0.859. The molecule has 19 heavy (non-hydrogen) atoms. The lowest BCUT2D eigenvalue weighted by molar-refractivity contribution is 0.0667. The minimum atomic E-state index is -1.08. The summed E-state index contributed by atoms with van der Waals surface area (Å²) < 4.78 is 15.3. The van der Waals surface area contributed by atoms with Crippen LogP contribution in [-0.4, -0.2) is 23.3 Å². The number of hydrogen-bond acceptors (Lipinski definition) is 5. The first-order chi connectivity index (χ1) is 9.20. The molecule has 0 spiro atoms. The van der Waals surface area contributed by atoms with E-state index in [2.05, 4.69) is 5.16 Å². The molecule has 0 fully saturated rings. The van der Waals surface area contributed by atoms with Crippen molar-refractivity contribution < 1.29 is 23.9 Å². The Kier molecular flexibility index (Phi) is 4.15. The lowest BCUT2D eigenvalue weighted by Gasteiger charge is -2.04. The Bertz CT molecular complexity index is 546.